The lowest BCUT2D eigenvalue weighted by atomic mass is 10.1. The average molecular weight is 533 g/mol. The summed E-state index contributed by atoms with van der Waals surface area (Å²) in [7, 11) is 0. The van der Waals surface area contributed by atoms with E-state index in [1.54, 1.807) is 24.4 Å². The van der Waals surface area contributed by atoms with Gasteiger partial charge in [0.1, 0.15) is 35.4 Å². The van der Waals surface area contributed by atoms with Crippen LogP contribution < -0.4 is 25.4 Å². The standard InChI is InChI=1S/C25H20ClF3N4O4/c26-16-4-1-11(9-15(16)25(27,28)29)31-24(35)33-21-20-14-10-12(2-5-17(14)37-22(20)21)36-18-7-8-30-23-13(18)3-6-19(34)32-23/h1-2,4-5,7-10,19-22,34H,3,6H2,(H,30,32)(H2,31,33,35)/t19?,20-,21-,22-/m0/s1. The zero-order valence-electron chi connectivity index (χ0n) is 19.0. The highest BCUT2D eigenvalue weighted by Crippen LogP contribution is 2.54. The molecule has 1 unspecified atom stereocenters. The van der Waals surface area contributed by atoms with Crippen LogP contribution in [0.3, 0.4) is 0 Å². The number of carbonyl (C=O) groups excluding carboxylic acids is 1. The molecule has 1 aliphatic carbocycles. The zero-order chi connectivity index (χ0) is 25.9. The number of ether oxygens (including phenoxy) is 2. The molecule has 3 aromatic rings. The SMILES string of the molecule is O=C(Nc1ccc(Cl)c(C(F)(F)F)c1)N[C@@H]1[C@H]2Oc3ccc(Oc4ccnc5c4CCC(O)N5)cc3[C@@H]12. The van der Waals surface area contributed by atoms with E-state index in [0.29, 0.717) is 35.9 Å². The van der Waals surface area contributed by atoms with Crippen LogP contribution >= 0.6 is 11.6 Å². The van der Waals surface area contributed by atoms with Crippen LogP contribution in [0, 0.1) is 0 Å². The van der Waals surface area contributed by atoms with Crippen LogP contribution in [-0.2, 0) is 12.6 Å². The fourth-order valence-electron chi connectivity index (χ4n) is 4.79. The normalized spacial score (nSPS) is 23.1. The van der Waals surface area contributed by atoms with Crippen molar-refractivity contribution >= 4 is 29.1 Å². The van der Waals surface area contributed by atoms with Gasteiger partial charge in [-0.1, -0.05) is 11.6 Å². The van der Waals surface area contributed by atoms with E-state index >= 15 is 0 Å². The molecule has 0 saturated heterocycles. The molecule has 3 aliphatic rings. The van der Waals surface area contributed by atoms with Gasteiger partial charge in [0.15, 0.2) is 0 Å². The Morgan fingerprint density at radius 3 is 2.86 bits per heavy atom. The molecule has 8 nitrogen and oxygen atoms in total. The number of nitrogens with one attached hydrogen (secondary N) is 3. The Labute approximate surface area is 213 Å². The Bertz CT molecular complexity index is 1400. The number of aliphatic hydroxyl groups is 1. The number of aliphatic hydroxyl groups excluding tert-OH is 1. The summed E-state index contributed by atoms with van der Waals surface area (Å²) in [6.45, 7) is 0. The third-order valence-corrected chi connectivity index (χ3v) is 6.93. The molecule has 2 amide bonds. The van der Waals surface area contributed by atoms with E-state index < -0.39 is 29.0 Å². The number of aromatic nitrogens is 1. The Morgan fingerprint density at radius 1 is 1.22 bits per heavy atom. The maximum absolute atomic E-state index is 13.1. The van der Waals surface area contributed by atoms with Gasteiger partial charge in [-0.25, -0.2) is 9.78 Å². The Hall–Kier alpha value is -3.70. The predicted molar refractivity (Wildman–Crippen MR) is 128 cm³/mol. The van der Waals surface area contributed by atoms with Crippen molar-refractivity contribution in [3.05, 3.63) is 70.4 Å². The number of alkyl halides is 3. The van der Waals surface area contributed by atoms with Crippen LogP contribution in [0.1, 0.15) is 29.0 Å². The van der Waals surface area contributed by atoms with Crippen molar-refractivity contribution in [2.75, 3.05) is 10.6 Å². The number of fused-ring (bicyclic) bond motifs is 4. The summed E-state index contributed by atoms with van der Waals surface area (Å²) in [5.74, 6) is 2.38. The first kappa shape index (κ1) is 23.7. The number of carbonyl (C=O) groups is 1. The maximum Gasteiger partial charge on any atom is 0.417 e. The molecule has 2 aliphatic heterocycles. The van der Waals surface area contributed by atoms with Crippen LogP contribution in [0.4, 0.5) is 29.5 Å². The first-order chi connectivity index (χ1) is 17.7. The zero-order valence-corrected chi connectivity index (χ0v) is 19.7. The van der Waals surface area contributed by atoms with Crippen LogP contribution in [-0.4, -0.2) is 34.5 Å². The number of hydrogen-bond acceptors (Lipinski definition) is 6. The molecule has 37 heavy (non-hydrogen) atoms. The van der Waals surface area contributed by atoms with Crippen LogP contribution in [0.15, 0.2) is 48.7 Å². The summed E-state index contributed by atoms with van der Waals surface area (Å²) in [5.41, 5.74) is 0.693. The van der Waals surface area contributed by atoms with Crippen molar-refractivity contribution in [2.45, 2.75) is 43.3 Å². The summed E-state index contributed by atoms with van der Waals surface area (Å²) < 4.78 is 51.3. The number of urea groups is 1. The van der Waals surface area contributed by atoms with Gasteiger partial charge in [0.05, 0.1) is 22.5 Å². The number of hydrogen-bond donors (Lipinski definition) is 4. The second-order valence-electron chi connectivity index (χ2n) is 9.06. The summed E-state index contributed by atoms with van der Waals surface area (Å²) in [6.07, 6.45) is -2.80. The molecule has 192 valence electrons. The number of benzene rings is 2. The maximum atomic E-state index is 13.1. The number of rotatable bonds is 4. The minimum absolute atomic E-state index is 0.0280. The van der Waals surface area contributed by atoms with E-state index in [1.165, 1.54) is 6.07 Å². The highest BCUT2D eigenvalue weighted by atomic mass is 35.5. The van der Waals surface area contributed by atoms with Gasteiger partial charge in [0.2, 0.25) is 0 Å². The van der Waals surface area contributed by atoms with Crippen molar-refractivity contribution in [3.8, 4) is 17.2 Å². The van der Waals surface area contributed by atoms with Crippen molar-refractivity contribution in [3.63, 3.8) is 0 Å². The molecular formula is C25H20ClF3N4O4. The predicted octanol–water partition coefficient (Wildman–Crippen LogP) is 5.27. The minimum Gasteiger partial charge on any atom is -0.487 e. The van der Waals surface area contributed by atoms with E-state index in [1.807, 2.05) is 6.07 Å². The molecule has 0 bridgehead atoms. The van der Waals surface area contributed by atoms with Crippen molar-refractivity contribution in [1.29, 1.82) is 0 Å². The number of pyridine rings is 1. The first-order valence-corrected chi connectivity index (χ1v) is 11.9. The van der Waals surface area contributed by atoms with E-state index in [4.69, 9.17) is 21.1 Å². The molecule has 1 fully saturated rings. The molecule has 0 spiro atoms. The molecule has 4 atom stereocenters. The quantitative estimate of drug-likeness (QED) is 0.365. The van der Waals surface area contributed by atoms with Gasteiger partial charge < -0.3 is 30.5 Å². The second-order valence-corrected chi connectivity index (χ2v) is 9.47. The third-order valence-electron chi connectivity index (χ3n) is 6.60. The highest BCUT2D eigenvalue weighted by Gasteiger charge is 2.59. The van der Waals surface area contributed by atoms with Gasteiger partial charge in [0.25, 0.3) is 0 Å². The second kappa shape index (κ2) is 8.70. The van der Waals surface area contributed by atoms with E-state index in [2.05, 4.69) is 20.9 Å². The molecule has 12 heteroatoms. The lowest BCUT2D eigenvalue weighted by molar-refractivity contribution is -0.137. The van der Waals surface area contributed by atoms with Crippen LogP contribution in [0.2, 0.25) is 5.02 Å². The molecule has 1 aromatic heterocycles. The fraction of sp³-hybridized carbons (Fsp3) is 0.280. The molecule has 3 heterocycles. The van der Waals surface area contributed by atoms with E-state index in [-0.39, 0.29) is 23.8 Å². The smallest absolute Gasteiger partial charge is 0.417 e. The molecule has 0 radical (unpaired) electrons. The van der Waals surface area contributed by atoms with Gasteiger partial charge in [-0.15, -0.1) is 0 Å². The molecular weight excluding hydrogens is 513 g/mol. The molecule has 6 rings (SSSR count). The van der Waals surface area contributed by atoms with Crippen LogP contribution in [0.5, 0.6) is 17.2 Å². The van der Waals surface area contributed by atoms with Gasteiger partial charge >= 0.3 is 12.2 Å². The van der Waals surface area contributed by atoms with Crippen LogP contribution in [0.25, 0.3) is 0 Å². The summed E-state index contributed by atoms with van der Waals surface area (Å²) in [5, 5.41) is 17.5. The number of halogens is 4. The third kappa shape index (κ3) is 4.49. The molecule has 4 N–H and O–H groups in total. The van der Waals surface area contributed by atoms with Gasteiger partial charge in [0, 0.05) is 23.0 Å². The van der Waals surface area contributed by atoms with Crippen molar-refractivity contribution in [2.24, 2.45) is 0 Å². The largest absolute Gasteiger partial charge is 0.487 e. The minimum atomic E-state index is -4.64. The van der Waals surface area contributed by atoms with Gasteiger partial charge in [-0.2, -0.15) is 13.2 Å². The van der Waals surface area contributed by atoms with E-state index in [9.17, 15) is 23.1 Å². The lowest BCUT2D eigenvalue weighted by Gasteiger charge is -2.23. The molecule has 1 saturated carbocycles. The summed E-state index contributed by atoms with van der Waals surface area (Å²) in [4.78, 5) is 16.7. The topological polar surface area (TPSA) is 105 Å². The Kier molecular flexibility index (Phi) is 5.57. The number of nitrogens with zero attached hydrogens (tertiary/aromatic N) is 1. The first-order valence-electron chi connectivity index (χ1n) is 11.5. The Morgan fingerprint density at radius 2 is 2.05 bits per heavy atom. The number of anilines is 2. The van der Waals surface area contributed by atoms with Gasteiger partial charge in [-0.05, 0) is 55.3 Å². The monoisotopic (exact) mass is 532 g/mol. The lowest BCUT2D eigenvalue weighted by Crippen LogP contribution is -2.34. The molecule has 2 aromatic carbocycles. The van der Waals surface area contributed by atoms with Gasteiger partial charge in [-0.3, -0.25) is 0 Å². The average Bonchev–Trinajstić information content (AvgIpc) is 3.35. The van der Waals surface area contributed by atoms with E-state index in [0.717, 1.165) is 23.3 Å². The number of amides is 2. The van der Waals surface area contributed by atoms with Crippen molar-refractivity contribution in [1.82, 2.24) is 10.3 Å². The highest BCUT2D eigenvalue weighted by molar-refractivity contribution is 6.31. The Balaban J connectivity index is 1.13. The summed E-state index contributed by atoms with van der Waals surface area (Å²) in [6, 6.07) is 9.40. The fourth-order valence-corrected chi connectivity index (χ4v) is 5.01. The summed E-state index contributed by atoms with van der Waals surface area (Å²) >= 11 is 5.64. The van der Waals surface area contributed by atoms with Crippen molar-refractivity contribution < 1.29 is 32.5 Å².